The summed E-state index contributed by atoms with van der Waals surface area (Å²) >= 11 is 0. The summed E-state index contributed by atoms with van der Waals surface area (Å²) in [7, 11) is 0. The number of rotatable bonds is 5. The van der Waals surface area contributed by atoms with Crippen LogP contribution in [0.1, 0.15) is 46.0 Å². The number of imidazole rings is 1. The molecule has 1 aliphatic heterocycles. The van der Waals surface area contributed by atoms with Crippen LogP contribution in [0.25, 0.3) is 0 Å². The predicted molar refractivity (Wildman–Crippen MR) is 110 cm³/mol. The average molecular weight is 404 g/mol. The lowest BCUT2D eigenvalue weighted by Gasteiger charge is -2.33. The maximum absolute atomic E-state index is 13.0. The molecule has 0 bridgehead atoms. The fourth-order valence-corrected chi connectivity index (χ4v) is 3.68. The van der Waals surface area contributed by atoms with Gasteiger partial charge in [0.05, 0.1) is 23.7 Å². The van der Waals surface area contributed by atoms with Crippen LogP contribution in [0.15, 0.2) is 49.2 Å². The summed E-state index contributed by atoms with van der Waals surface area (Å²) in [4.78, 5) is 39.9. The third-order valence-electron chi connectivity index (χ3n) is 5.22. The second-order valence-corrected chi connectivity index (χ2v) is 7.52. The van der Waals surface area contributed by atoms with E-state index in [9.17, 15) is 9.59 Å². The topological polar surface area (TPSA) is 93.0 Å². The molecule has 0 saturated carbocycles. The fraction of sp³-hybridized carbons (Fsp3) is 0.318. The van der Waals surface area contributed by atoms with Gasteiger partial charge in [-0.15, -0.1) is 0 Å². The van der Waals surface area contributed by atoms with Crippen LogP contribution in [0, 0.1) is 6.92 Å². The Labute approximate surface area is 175 Å². The van der Waals surface area contributed by atoms with Crippen molar-refractivity contribution in [3.63, 3.8) is 0 Å². The molecule has 1 unspecified atom stereocenters. The lowest BCUT2D eigenvalue weighted by molar-refractivity contribution is -0.120. The standard InChI is InChI=1S/C22H24N6O2/c1-15-8-18(13-24-10-15)22(30)28-7-6-27-14-19(26-21(27)16(28)2)9-20(29)25-12-17-4-3-5-23-11-17/h3-5,8,10-11,13-14,16H,6-7,9,12H2,1-2H3,(H,25,29). The third kappa shape index (κ3) is 4.22. The van der Waals surface area contributed by atoms with Crippen LogP contribution in [-0.2, 0) is 24.3 Å². The molecule has 4 heterocycles. The van der Waals surface area contributed by atoms with E-state index in [2.05, 4.69) is 20.3 Å². The normalized spacial score (nSPS) is 15.5. The summed E-state index contributed by atoms with van der Waals surface area (Å²) in [6, 6.07) is 5.42. The smallest absolute Gasteiger partial charge is 0.256 e. The Morgan fingerprint density at radius 3 is 2.83 bits per heavy atom. The van der Waals surface area contributed by atoms with Crippen LogP contribution in [-0.4, -0.2) is 42.8 Å². The Balaban J connectivity index is 1.42. The van der Waals surface area contributed by atoms with Gasteiger partial charge in [0, 0.05) is 50.6 Å². The molecule has 8 heteroatoms. The van der Waals surface area contributed by atoms with Gasteiger partial charge >= 0.3 is 0 Å². The van der Waals surface area contributed by atoms with E-state index < -0.39 is 0 Å². The number of carbonyl (C=O) groups excluding carboxylic acids is 2. The van der Waals surface area contributed by atoms with Crippen molar-refractivity contribution >= 4 is 11.8 Å². The van der Waals surface area contributed by atoms with Gasteiger partial charge in [-0.05, 0) is 37.1 Å². The van der Waals surface area contributed by atoms with E-state index in [1.165, 1.54) is 0 Å². The minimum Gasteiger partial charge on any atom is -0.352 e. The van der Waals surface area contributed by atoms with Gasteiger partial charge in [0.1, 0.15) is 5.82 Å². The molecule has 2 amide bonds. The Bertz CT molecular complexity index is 1060. The van der Waals surface area contributed by atoms with Crippen molar-refractivity contribution in [2.75, 3.05) is 6.54 Å². The summed E-state index contributed by atoms with van der Waals surface area (Å²) in [6.45, 7) is 5.55. The summed E-state index contributed by atoms with van der Waals surface area (Å²) in [5.74, 6) is 0.648. The second kappa shape index (κ2) is 8.44. The fourth-order valence-electron chi connectivity index (χ4n) is 3.68. The minimum absolute atomic E-state index is 0.0521. The first-order valence-electron chi connectivity index (χ1n) is 9.95. The van der Waals surface area contributed by atoms with Crippen molar-refractivity contribution in [1.82, 2.24) is 29.7 Å². The highest BCUT2D eigenvalue weighted by Gasteiger charge is 2.30. The lowest BCUT2D eigenvalue weighted by atomic mass is 10.1. The van der Waals surface area contributed by atoms with Crippen LogP contribution in [0.3, 0.4) is 0 Å². The van der Waals surface area contributed by atoms with Gasteiger partial charge in [-0.2, -0.15) is 0 Å². The second-order valence-electron chi connectivity index (χ2n) is 7.52. The van der Waals surface area contributed by atoms with Crippen molar-refractivity contribution < 1.29 is 9.59 Å². The zero-order chi connectivity index (χ0) is 21.1. The highest BCUT2D eigenvalue weighted by Crippen LogP contribution is 2.26. The Morgan fingerprint density at radius 2 is 2.07 bits per heavy atom. The molecule has 1 N–H and O–H groups in total. The highest BCUT2D eigenvalue weighted by atomic mass is 16.2. The number of aryl methyl sites for hydroxylation is 1. The molecule has 8 nitrogen and oxygen atoms in total. The van der Waals surface area contributed by atoms with Gasteiger partial charge in [0.15, 0.2) is 0 Å². The van der Waals surface area contributed by atoms with Gasteiger partial charge in [-0.3, -0.25) is 19.6 Å². The summed E-state index contributed by atoms with van der Waals surface area (Å²) in [6.07, 6.45) is 8.86. The van der Waals surface area contributed by atoms with Gasteiger partial charge in [0.25, 0.3) is 5.91 Å². The van der Waals surface area contributed by atoms with Crippen molar-refractivity contribution in [3.05, 3.63) is 77.4 Å². The first-order valence-corrected chi connectivity index (χ1v) is 9.95. The minimum atomic E-state index is -0.182. The lowest BCUT2D eigenvalue weighted by Crippen LogP contribution is -2.41. The van der Waals surface area contributed by atoms with E-state index in [1.54, 1.807) is 24.8 Å². The Morgan fingerprint density at radius 1 is 1.20 bits per heavy atom. The van der Waals surface area contributed by atoms with Gasteiger partial charge < -0.3 is 14.8 Å². The molecule has 30 heavy (non-hydrogen) atoms. The van der Waals surface area contributed by atoms with Crippen LogP contribution in [0.4, 0.5) is 0 Å². The SMILES string of the molecule is Cc1cncc(C(=O)N2CCn3cc(CC(=O)NCc4cccnc4)nc3C2C)c1. The van der Waals surface area contributed by atoms with Gasteiger partial charge in [-0.1, -0.05) is 6.07 Å². The number of carbonyl (C=O) groups is 2. The van der Waals surface area contributed by atoms with Crippen LogP contribution in [0.2, 0.25) is 0 Å². The maximum atomic E-state index is 13.0. The number of hydrogen-bond donors (Lipinski definition) is 1. The zero-order valence-electron chi connectivity index (χ0n) is 17.1. The highest BCUT2D eigenvalue weighted by molar-refractivity contribution is 5.94. The number of nitrogens with one attached hydrogen (secondary N) is 1. The molecule has 154 valence electrons. The van der Waals surface area contributed by atoms with E-state index in [0.717, 1.165) is 17.0 Å². The molecule has 1 aliphatic rings. The molecule has 3 aromatic heterocycles. The summed E-state index contributed by atoms with van der Waals surface area (Å²) in [5.41, 5.74) is 3.18. The molecule has 1 atom stereocenters. The molecule has 0 radical (unpaired) electrons. The number of aromatic nitrogens is 4. The van der Waals surface area contributed by atoms with E-state index in [1.807, 2.05) is 47.7 Å². The van der Waals surface area contributed by atoms with Gasteiger partial charge in [0.2, 0.25) is 5.91 Å². The van der Waals surface area contributed by atoms with Crippen LogP contribution >= 0.6 is 0 Å². The number of pyridine rings is 2. The van der Waals surface area contributed by atoms with Crippen LogP contribution in [0.5, 0.6) is 0 Å². The van der Waals surface area contributed by atoms with Crippen LogP contribution < -0.4 is 5.32 Å². The maximum Gasteiger partial charge on any atom is 0.256 e. The number of amides is 2. The molecular weight excluding hydrogens is 380 g/mol. The molecule has 0 spiro atoms. The summed E-state index contributed by atoms with van der Waals surface area (Å²) < 4.78 is 2.03. The van der Waals surface area contributed by atoms with E-state index in [4.69, 9.17) is 0 Å². The Hall–Kier alpha value is -3.55. The zero-order valence-corrected chi connectivity index (χ0v) is 17.1. The molecule has 3 aromatic rings. The number of hydrogen-bond acceptors (Lipinski definition) is 5. The summed E-state index contributed by atoms with van der Waals surface area (Å²) in [5, 5.41) is 2.89. The van der Waals surface area contributed by atoms with Crippen molar-refractivity contribution in [3.8, 4) is 0 Å². The molecule has 0 aromatic carbocycles. The predicted octanol–water partition coefficient (Wildman–Crippen LogP) is 2.06. The third-order valence-corrected chi connectivity index (χ3v) is 5.22. The average Bonchev–Trinajstić information content (AvgIpc) is 3.16. The molecule has 4 rings (SSSR count). The molecular formula is C22H24N6O2. The Kier molecular flexibility index (Phi) is 5.56. The quantitative estimate of drug-likeness (QED) is 0.703. The van der Waals surface area contributed by atoms with Gasteiger partial charge in [-0.25, -0.2) is 4.98 Å². The van der Waals surface area contributed by atoms with Crippen molar-refractivity contribution in [2.24, 2.45) is 0 Å². The molecule has 0 saturated heterocycles. The van der Waals surface area contributed by atoms with E-state index >= 15 is 0 Å². The number of fused-ring (bicyclic) bond motifs is 1. The van der Waals surface area contributed by atoms with Crippen molar-refractivity contribution in [1.29, 1.82) is 0 Å². The molecule has 0 aliphatic carbocycles. The van der Waals surface area contributed by atoms with E-state index in [0.29, 0.717) is 30.9 Å². The number of nitrogens with zero attached hydrogens (tertiary/aromatic N) is 5. The monoisotopic (exact) mass is 404 g/mol. The van der Waals surface area contributed by atoms with Crippen molar-refractivity contribution in [2.45, 2.75) is 39.4 Å². The first kappa shape index (κ1) is 19.8. The first-order chi connectivity index (χ1) is 14.5. The molecule has 0 fully saturated rings. The largest absolute Gasteiger partial charge is 0.352 e. The van der Waals surface area contributed by atoms with E-state index in [-0.39, 0.29) is 24.3 Å².